The second-order valence-corrected chi connectivity index (χ2v) is 6.99. The summed E-state index contributed by atoms with van der Waals surface area (Å²) < 4.78 is 27.2. The van der Waals surface area contributed by atoms with Crippen LogP contribution in [0.1, 0.15) is 11.1 Å². The highest BCUT2D eigenvalue weighted by atomic mass is 35.5. The number of halogens is 2. The molecule has 0 atom stereocenters. The summed E-state index contributed by atoms with van der Waals surface area (Å²) in [6.45, 7) is 3.66. The van der Waals surface area contributed by atoms with Crippen molar-refractivity contribution in [2.24, 2.45) is 0 Å². The molecule has 0 aliphatic carbocycles. The molecule has 2 rings (SSSR count). The lowest BCUT2D eigenvalue weighted by Gasteiger charge is -2.12. The van der Waals surface area contributed by atoms with Gasteiger partial charge >= 0.3 is 0 Å². The second-order valence-electron chi connectivity index (χ2n) is 4.50. The Morgan fingerprint density at radius 2 is 1.70 bits per heavy atom. The molecule has 0 aliphatic heterocycles. The van der Waals surface area contributed by atoms with E-state index >= 15 is 0 Å². The Morgan fingerprint density at radius 3 is 2.30 bits per heavy atom. The molecule has 106 valence electrons. The number of hydrogen-bond donors (Lipinski definition) is 1. The molecule has 0 saturated heterocycles. The molecule has 2 aromatic carbocycles. The third kappa shape index (κ3) is 3.26. The van der Waals surface area contributed by atoms with Crippen molar-refractivity contribution < 1.29 is 8.42 Å². The van der Waals surface area contributed by atoms with Gasteiger partial charge in [0.25, 0.3) is 10.0 Å². The van der Waals surface area contributed by atoms with E-state index in [2.05, 4.69) is 4.72 Å². The van der Waals surface area contributed by atoms with Gasteiger partial charge in [0.1, 0.15) is 0 Å². The fourth-order valence-corrected chi connectivity index (χ4v) is 3.69. The maximum absolute atomic E-state index is 12.4. The molecule has 0 saturated carbocycles. The lowest BCUT2D eigenvalue weighted by Crippen LogP contribution is -2.14. The molecule has 1 N–H and O–H groups in total. The number of nitrogens with one attached hydrogen (secondary N) is 1. The highest BCUT2D eigenvalue weighted by Crippen LogP contribution is 2.28. The average Bonchev–Trinajstić information content (AvgIpc) is 2.32. The van der Waals surface area contributed by atoms with E-state index in [1.165, 1.54) is 12.1 Å². The van der Waals surface area contributed by atoms with Crippen molar-refractivity contribution in [2.75, 3.05) is 4.72 Å². The van der Waals surface area contributed by atoms with Crippen molar-refractivity contribution in [3.05, 3.63) is 57.6 Å². The summed E-state index contributed by atoms with van der Waals surface area (Å²) in [4.78, 5) is 0.231. The first-order chi connectivity index (χ1) is 9.29. The molecule has 0 unspecified atom stereocenters. The number of hydrogen-bond acceptors (Lipinski definition) is 2. The molecule has 0 radical (unpaired) electrons. The standard InChI is InChI=1S/C14H13Cl2NO2S/c1-9-3-6-14(10(2)7-9)20(18,19)17-13-5-4-11(15)8-12(13)16/h3-8,17H,1-2H3. The summed E-state index contributed by atoms with van der Waals surface area (Å²) in [5, 5.41) is 0.704. The average molecular weight is 330 g/mol. The minimum absolute atomic E-state index is 0.231. The minimum Gasteiger partial charge on any atom is -0.278 e. The molecule has 0 aliphatic rings. The molecule has 2 aromatic rings. The predicted molar refractivity (Wildman–Crippen MR) is 83.2 cm³/mol. The number of rotatable bonds is 3. The molecule has 3 nitrogen and oxygen atoms in total. The first-order valence-electron chi connectivity index (χ1n) is 5.85. The van der Waals surface area contributed by atoms with Crippen molar-refractivity contribution in [1.29, 1.82) is 0 Å². The van der Waals surface area contributed by atoms with Crippen LogP contribution in [0.4, 0.5) is 5.69 Å². The van der Waals surface area contributed by atoms with Crippen molar-refractivity contribution in [1.82, 2.24) is 0 Å². The van der Waals surface area contributed by atoms with Crippen molar-refractivity contribution >= 4 is 38.9 Å². The number of anilines is 1. The lowest BCUT2D eigenvalue weighted by atomic mass is 10.2. The molecule has 0 amide bonds. The largest absolute Gasteiger partial charge is 0.278 e. The van der Waals surface area contributed by atoms with Gasteiger partial charge in [-0.25, -0.2) is 8.42 Å². The number of sulfonamides is 1. The quantitative estimate of drug-likeness (QED) is 0.906. The molecule has 0 heterocycles. The van der Waals surface area contributed by atoms with E-state index in [1.54, 1.807) is 25.1 Å². The Balaban J connectivity index is 2.41. The summed E-state index contributed by atoms with van der Waals surface area (Å²) in [5.41, 5.74) is 1.99. The van der Waals surface area contributed by atoms with Gasteiger partial charge in [-0.15, -0.1) is 0 Å². The predicted octanol–water partition coefficient (Wildman–Crippen LogP) is 4.41. The van der Waals surface area contributed by atoms with Crippen LogP contribution in [-0.2, 0) is 10.0 Å². The Hall–Kier alpha value is -1.23. The Bertz CT molecular complexity index is 758. The van der Waals surface area contributed by atoms with Gasteiger partial charge in [0.05, 0.1) is 15.6 Å². The molecule has 20 heavy (non-hydrogen) atoms. The van der Waals surface area contributed by atoms with Crippen LogP contribution in [0, 0.1) is 13.8 Å². The summed E-state index contributed by atoms with van der Waals surface area (Å²) in [6, 6.07) is 9.75. The molecule has 0 bridgehead atoms. The molecular formula is C14H13Cl2NO2S. The van der Waals surface area contributed by atoms with E-state index in [0.29, 0.717) is 16.3 Å². The van der Waals surface area contributed by atoms with Gasteiger partial charge in [-0.3, -0.25) is 4.72 Å². The topological polar surface area (TPSA) is 46.2 Å². The smallest absolute Gasteiger partial charge is 0.262 e. The molecule has 0 aromatic heterocycles. The van der Waals surface area contributed by atoms with Crippen LogP contribution >= 0.6 is 23.2 Å². The van der Waals surface area contributed by atoms with Crippen LogP contribution in [0.2, 0.25) is 10.0 Å². The monoisotopic (exact) mass is 329 g/mol. The molecule has 0 spiro atoms. The first kappa shape index (κ1) is 15.2. The Kier molecular flexibility index (Phi) is 4.28. The summed E-state index contributed by atoms with van der Waals surface area (Å²) in [7, 11) is -3.67. The zero-order valence-electron chi connectivity index (χ0n) is 10.9. The van der Waals surface area contributed by atoms with Crippen molar-refractivity contribution in [2.45, 2.75) is 18.7 Å². The van der Waals surface area contributed by atoms with Crippen LogP contribution < -0.4 is 4.72 Å². The van der Waals surface area contributed by atoms with E-state index < -0.39 is 10.0 Å². The number of aryl methyl sites for hydroxylation is 2. The van der Waals surface area contributed by atoms with Crippen molar-refractivity contribution in [3.63, 3.8) is 0 Å². The van der Waals surface area contributed by atoms with Crippen LogP contribution in [0.3, 0.4) is 0 Å². The van der Waals surface area contributed by atoms with Gasteiger partial charge in [-0.05, 0) is 43.7 Å². The van der Waals surface area contributed by atoms with Crippen LogP contribution in [-0.4, -0.2) is 8.42 Å². The van der Waals surface area contributed by atoms with Crippen molar-refractivity contribution in [3.8, 4) is 0 Å². The third-order valence-electron chi connectivity index (χ3n) is 2.80. The van der Waals surface area contributed by atoms with Gasteiger partial charge < -0.3 is 0 Å². The maximum atomic E-state index is 12.4. The van der Waals surface area contributed by atoms with Gasteiger partial charge in [0, 0.05) is 5.02 Å². The molecule has 6 heteroatoms. The van der Waals surface area contributed by atoms with Crippen LogP contribution in [0.15, 0.2) is 41.3 Å². The summed E-state index contributed by atoms with van der Waals surface area (Å²) in [6.07, 6.45) is 0. The minimum atomic E-state index is -3.67. The maximum Gasteiger partial charge on any atom is 0.262 e. The molecule has 0 fully saturated rings. The van der Waals surface area contributed by atoms with Gasteiger partial charge in [0.2, 0.25) is 0 Å². The first-order valence-corrected chi connectivity index (χ1v) is 8.08. The summed E-state index contributed by atoms with van der Waals surface area (Å²) >= 11 is 11.8. The van der Waals surface area contributed by atoms with E-state index in [0.717, 1.165) is 5.56 Å². The highest BCUT2D eigenvalue weighted by molar-refractivity contribution is 7.92. The third-order valence-corrected chi connectivity index (χ3v) is 4.87. The summed E-state index contributed by atoms with van der Waals surface area (Å²) in [5.74, 6) is 0. The fourth-order valence-electron chi connectivity index (χ4n) is 1.87. The van der Waals surface area contributed by atoms with Gasteiger partial charge in [-0.1, -0.05) is 40.9 Å². The van der Waals surface area contributed by atoms with Gasteiger partial charge in [-0.2, -0.15) is 0 Å². The second kappa shape index (κ2) is 5.64. The SMILES string of the molecule is Cc1ccc(S(=O)(=O)Nc2ccc(Cl)cc2Cl)c(C)c1. The zero-order valence-corrected chi connectivity index (χ0v) is 13.3. The normalized spacial score (nSPS) is 11.4. The fraction of sp³-hybridized carbons (Fsp3) is 0.143. The van der Waals surface area contributed by atoms with Crippen LogP contribution in [0.5, 0.6) is 0 Å². The Morgan fingerprint density at radius 1 is 1.00 bits per heavy atom. The van der Waals surface area contributed by atoms with Gasteiger partial charge in [0.15, 0.2) is 0 Å². The molecular weight excluding hydrogens is 317 g/mol. The van der Waals surface area contributed by atoms with E-state index in [4.69, 9.17) is 23.2 Å². The zero-order chi connectivity index (χ0) is 14.9. The highest BCUT2D eigenvalue weighted by Gasteiger charge is 2.18. The van der Waals surface area contributed by atoms with E-state index in [-0.39, 0.29) is 9.92 Å². The lowest BCUT2D eigenvalue weighted by molar-refractivity contribution is 0.600. The number of benzene rings is 2. The van der Waals surface area contributed by atoms with Crippen LogP contribution in [0.25, 0.3) is 0 Å². The Labute approximate surface area is 128 Å². The van der Waals surface area contributed by atoms with E-state index in [9.17, 15) is 8.42 Å². The van der Waals surface area contributed by atoms with E-state index in [1.807, 2.05) is 13.0 Å².